The highest BCUT2D eigenvalue weighted by molar-refractivity contribution is 5.98. The molecule has 404 valence electrons. The van der Waals surface area contributed by atoms with Crippen molar-refractivity contribution in [2.24, 2.45) is 29.4 Å². The smallest absolute Gasteiger partial charge is 0.322 e. The number of carbonyl (C=O) groups is 9. The van der Waals surface area contributed by atoms with Crippen LogP contribution in [0.2, 0.25) is 0 Å². The molecule has 3 rings (SSSR count). The summed E-state index contributed by atoms with van der Waals surface area (Å²) in [5, 5.41) is 48.6. The maximum Gasteiger partial charge on any atom is 0.322 e. The molecule has 1 aliphatic rings. The van der Waals surface area contributed by atoms with Crippen LogP contribution in [0.5, 0.6) is 5.75 Å². The Hall–Kier alpha value is -6.61. The summed E-state index contributed by atoms with van der Waals surface area (Å²) >= 11 is 0. The van der Waals surface area contributed by atoms with Gasteiger partial charge in [-0.2, -0.15) is 0 Å². The first-order chi connectivity index (χ1) is 34.3. The first kappa shape index (κ1) is 60.7. The minimum Gasteiger partial charge on any atom is -0.508 e. The number of nitrogens with one attached hydrogen (secondary N) is 7. The second-order valence-electron chi connectivity index (χ2n) is 20.2. The first-order valence-electron chi connectivity index (χ1n) is 25.2. The molecule has 12 N–H and O–H groups in total. The largest absolute Gasteiger partial charge is 0.508 e. The molecule has 0 spiro atoms. The van der Waals surface area contributed by atoms with Crippen LogP contribution in [0.4, 0.5) is 0 Å². The van der Waals surface area contributed by atoms with Gasteiger partial charge in [-0.05, 0) is 79.5 Å². The summed E-state index contributed by atoms with van der Waals surface area (Å²) in [7, 11) is 0. The van der Waals surface area contributed by atoms with Gasteiger partial charge in [-0.3, -0.25) is 43.2 Å². The lowest BCUT2D eigenvalue weighted by Crippen LogP contribution is -2.63. The van der Waals surface area contributed by atoms with Crippen LogP contribution >= 0.6 is 0 Å². The van der Waals surface area contributed by atoms with E-state index in [-0.39, 0.29) is 49.8 Å². The summed E-state index contributed by atoms with van der Waals surface area (Å²) in [6.45, 7) is 15.2. The molecule has 1 heterocycles. The number of likely N-dealkylation sites (tertiary alicyclic amines) is 1. The number of carboxylic acids is 1. The number of rotatable bonds is 28. The van der Waals surface area contributed by atoms with Crippen LogP contribution in [0.15, 0.2) is 54.6 Å². The summed E-state index contributed by atoms with van der Waals surface area (Å²) in [6.07, 6.45) is -0.109. The Kier molecular flexibility index (Phi) is 24.3. The fourth-order valence-electron chi connectivity index (χ4n) is 8.40. The van der Waals surface area contributed by atoms with Gasteiger partial charge in [-0.15, -0.1) is 0 Å². The number of amides is 8. The normalized spacial score (nSPS) is 17.2. The average molecular weight is 1020 g/mol. The summed E-state index contributed by atoms with van der Waals surface area (Å²) in [5.41, 5.74) is 7.23. The van der Waals surface area contributed by atoms with E-state index in [0.717, 1.165) is 0 Å². The number of aliphatic hydroxyl groups is 1. The number of hydrogen-bond donors (Lipinski definition) is 11. The summed E-state index contributed by atoms with van der Waals surface area (Å²) in [4.78, 5) is 124. The molecular weight excluding hydrogens is 943 g/mol. The fraction of sp³-hybridized carbons (Fsp3) is 0.596. The van der Waals surface area contributed by atoms with Crippen LogP contribution in [0.25, 0.3) is 0 Å². The Labute approximate surface area is 428 Å². The molecule has 0 radical (unpaired) electrons. The third-order valence-corrected chi connectivity index (χ3v) is 12.7. The number of phenols is 1. The van der Waals surface area contributed by atoms with E-state index in [0.29, 0.717) is 30.4 Å². The van der Waals surface area contributed by atoms with Gasteiger partial charge in [0.05, 0.1) is 12.1 Å². The van der Waals surface area contributed by atoms with E-state index in [1.54, 1.807) is 58.0 Å². The lowest BCUT2D eigenvalue weighted by atomic mass is 9.96. The maximum atomic E-state index is 14.6. The zero-order valence-electron chi connectivity index (χ0n) is 43.6. The number of nitrogens with zero attached hydrogens (tertiary/aromatic N) is 1. The van der Waals surface area contributed by atoms with Crippen molar-refractivity contribution in [1.29, 1.82) is 0 Å². The van der Waals surface area contributed by atoms with Crippen LogP contribution in [-0.4, -0.2) is 141 Å². The number of benzene rings is 2. The minimum absolute atomic E-state index is 0.0337. The zero-order chi connectivity index (χ0) is 54.7. The minimum atomic E-state index is -1.69. The molecule has 1 fully saturated rings. The van der Waals surface area contributed by atoms with Crippen molar-refractivity contribution < 1.29 is 58.5 Å². The average Bonchev–Trinajstić information content (AvgIpc) is 3.83. The molecule has 0 bridgehead atoms. The maximum absolute atomic E-state index is 14.6. The molecule has 1 saturated heterocycles. The first-order valence-corrected chi connectivity index (χ1v) is 25.2. The molecule has 21 heteroatoms. The fourth-order valence-corrected chi connectivity index (χ4v) is 8.40. The van der Waals surface area contributed by atoms with E-state index >= 15 is 0 Å². The molecule has 73 heavy (non-hydrogen) atoms. The number of aliphatic hydroxyl groups excluding tert-OH is 1. The highest BCUT2D eigenvalue weighted by Gasteiger charge is 2.41. The van der Waals surface area contributed by atoms with Crippen LogP contribution in [-0.2, 0) is 56.0 Å². The standard InChI is InChI=1S/C52H79N9O12/c1-10-31(8)43(52(73)61-22-14-17-40(61)49(70)54-27-41(64)65)59-51(72)44(32(9)62)60-48(69)39(26-34-18-20-35(63)21-19-34)56-46(67)38(25-33-15-12-11-13-16-33)57-50(71)42(30(6)7)58-47(68)37(24-29(4)5)55-45(66)36(53)23-28(2)3/h11-13,15-16,18-21,28-32,36-40,42-44,62-63H,10,14,17,22-27,53H2,1-9H3,(H,54,70)(H,55,66)(H,56,67)(H,57,71)(H,58,68)(H,59,72)(H,60,69)(H,64,65)/t31-,32+,36-,37-,38-,39-,40-,42-,43-,44-/m0/s1. The van der Waals surface area contributed by atoms with E-state index < -0.39 is 126 Å². The number of hydrogen-bond acceptors (Lipinski definition) is 12. The van der Waals surface area contributed by atoms with Crippen LogP contribution < -0.4 is 43.0 Å². The highest BCUT2D eigenvalue weighted by Crippen LogP contribution is 2.22. The van der Waals surface area contributed by atoms with Gasteiger partial charge in [0, 0.05) is 19.4 Å². The van der Waals surface area contributed by atoms with Gasteiger partial charge in [-0.1, -0.05) is 104 Å². The Morgan fingerprint density at radius 2 is 1.12 bits per heavy atom. The van der Waals surface area contributed by atoms with Gasteiger partial charge >= 0.3 is 5.97 Å². The van der Waals surface area contributed by atoms with Gasteiger partial charge in [-0.25, -0.2) is 0 Å². The van der Waals surface area contributed by atoms with E-state index in [2.05, 4.69) is 37.2 Å². The van der Waals surface area contributed by atoms with Gasteiger partial charge < -0.3 is 63.2 Å². The molecule has 0 aliphatic carbocycles. The second kappa shape index (κ2) is 29.2. The Morgan fingerprint density at radius 3 is 1.66 bits per heavy atom. The number of phenolic OH excluding ortho intramolecular Hbond substituents is 1. The van der Waals surface area contributed by atoms with E-state index in [1.807, 2.05) is 27.7 Å². The van der Waals surface area contributed by atoms with Gasteiger partial charge in [0.2, 0.25) is 47.3 Å². The van der Waals surface area contributed by atoms with Crippen LogP contribution in [0, 0.1) is 23.7 Å². The topological polar surface area (TPSA) is 328 Å². The van der Waals surface area contributed by atoms with Crippen molar-refractivity contribution in [3.05, 3.63) is 65.7 Å². The highest BCUT2D eigenvalue weighted by atomic mass is 16.4. The lowest BCUT2D eigenvalue weighted by molar-refractivity contribution is -0.144. The molecule has 0 aromatic heterocycles. The molecule has 2 aromatic carbocycles. The Balaban J connectivity index is 1.95. The number of nitrogens with two attached hydrogens (primary N) is 1. The molecule has 0 saturated carbocycles. The number of aromatic hydroxyl groups is 1. The summed E-state index contributed by atoms with van der Waals surface area (Å²) in [6, 6.07) is 4.67. The summed E-state index contributed by atoms with van der Waals surface area (Å²) < 4.78 is 0. The number of carboxylic acid groups (broad SMARTS) is 1. The Bertz CT molecular complexity index is 2190. The van der Waals surface area contributed by atoms with Crippen molar-refractivity contribution in [3.8, 4) is 5.75 Å². The summed E-state index contributed by atoms with van der Waals surface area (Å²) in [5.74, 6) is -8.13. The zero-order valence-corrected chi connectivity index (χ0v) is 43.6. The monoisotopic (exact) mass is 1020 g/mol. The van der Waals surface area contributed by atoms with Gasteiger partial charge in [0.1, 0.15) is 54.6 Å². The van der Waals surface area contributed by atoms with Gasteiger partial charge in [0.25, 0.3) is 0 Å². The molecule has 21 nitrogen and oxygen atoms in total. The predicted octanol–water partition coefficient (Wildman–Crippen LogP) is 0.780. The number of aliphatic carboxylic acids is 1. The van der Waals surface area contributed by atoms with Crippen molar-refractivity contribution in [1.82, 2.24) is 42.1 Å². The van der Waals surface area contributed by atoms with E-state index in [9.17, 15) is 53.4 Å². The van der Waals surface area contributed by atoms with E-state index in [1.165, 1.54) is 36.1 Å². The van der Waals surface area contributed by atoms with Crippen LogP contribution in [0.3, 0.4) is 0 Å². The van der Waals surface area contributed by atoms with E-state index in [4.69, 9.17) is 10.8 Å². The quantitative estimate of drug-likeness (QED) is 0.0562. The molecule has 10 atom stereocenters. The molecule has 8 amide bonds. The molecule has 0 unspecified atom stereocenters. The third kappa shape index (κ3) is 19.4. The SMILES string of the molecule is CC[C@H](C)[C@H](NC(=O)[C@@H](NC(=O)[C@H](Cc1ccc(O)cc1)NC(=O)[C@H](Cc1ccccc1)NC(=O)[C@@H](NC(=O)[C@H](CC(C)C)NC(=O)[C@@H](N)CC(C)C)C(C)C)[C@@H](C)O)C(=O)N1CCC[C@H]1C(=O)NCC(=O)O. The van der Waals surface area contributed by atoms with Crippen LogP contribution in [0.1, 0.15) is 106 Å². The second-order valence-corrected chi connectivity index (χ2v) is 20.2. The third-order valence-electron chi connectivity index (χ3n) is 12.7. The van der Waals surface area contributed by atoms with Crippen molar-refractivity contribution in [2.45, 2.75) is 162 Å². The lowest BCUT2D eigenvalue weighted by Gasteiger charge is -2.33. The number of carbonyl (C=O) groups excluding carboxylic acids is 8. The Morgan fingerprint density at radius 1 is 0.630 bits per heavy atom. The van der Waals surface area contributed by atoms with Crippen molar-refractivity contribution in [3.63, 3.8) is 0 Å². The predicted molar refractivity (Wildman–Crippen MR) is 272 cm³/mol. The molecular formula is C52H79N9O12. The van der Waals surface area contributed by atoms with Gasteiger partial charge in [0.15, 0.2) is 0 Å². The van der Waals surface area contributed by atoms with Crippen molar-refractivity contribution >= 4 is 53.2 Å². The molecule has 1 aliphatic heterocycles. The van der Waals surface area contributed by atoms with Crippen molar-refractivity contribution in [2.75, 3.05) is 13.1 Å². The molecule has 2 aromatic rings.